The lowest BCUT2D eigenvalue weighted by Crippen LogP contribution is -2.33. The number of aryl methyl sites for hydroxylation is 1. The fraction of sp³-hybridized carbons (Fsp3) is 0.278. The van der Waals surface area contributed by atoms with E-state index in [1.54, 1.807) is 19.2 Å². The number of anilines is 2. The molecular weight excluding hydrogens is 290 g/mol. The normalized spacial score (nSPS) is 13.4. The molecule has 2 amide bonds. The Morgan fingerprint density at radius 1 is 1.13 bits per heavy atom. The van der Waals surface area contributed by atoms with Gasteiger partial charge in [-0.15, -0.1) is 0 Å². The Kier molecular flexibility index (Phi) is 4.10. The first kappa shape index (κ1) is 15.2. The summed E-state index contributed by atoms with van der Waals surface area (Å²) in [5.74, 6) is 0.491. The van der Waals surface area contributed by atoms with Crippen LogP contribution in [0.4, 0.5) is 11.5 Å². The first-order chi connectivity index (χ1) is 11.0. The molecule has 3 rings (SSSR count). The number of hydrogen-bond acceptors (Lipinski definition) is 3. The van der Waals surface area contributed by atoms with E-state index in [9.17, 15) is 9.59 Å². The van der Waals surface area contributed by atoms with Crippen molar-refractivity contribution in [3.8, 4) is 11.1 Å². The maximum Gasteiger partial charge on any atom is 0.223 e. The van der Waals surface area contributed by atoms with Gasteiger partial charge in [0.25, 0.3) is 0 Å². The van der Waals surface area contributed by atoms with Crippen LogP contribution in [0.2, 0.25) is 0 Å². The van der Waals surface area contributed by atoms with Gasteiger partial charge in [0.2, 0.25) is 11.8 Å². The molecule has 0 saturated heterocycles. The van der Waals surface area contributed by atoms with E-state index in [4.69, 9.17) is 0 Å². The lowest BCUT2D eigenvalue weighted by Gasteiger charge is -2.29. The zero-order chi connectivity index (χ0) is 16.4. The van der Waals surface area contributed by atoms with Crippen LogP contribution in [0.5, 0.6) is 0 Å². The van der Waals surface area contributed by atoms with Crippen LogP contribution in [-0.4, -0.2) is 23.3 Å². The molecule has 5 heteroatoms. The number of benzene rings is 1. The summed E-state index contributed by atoms with van der Waals surface area (Å²) >= 11 is 0. The first-order valence-corrected chi connectivity index (χ1v) is 7.69. The van der Waals surface area contributed by atoms with Crippen LogP contribution >= 0.6 is 0 Å². The maximum absolute atomic E-state index is 11.7. The fourth-order valence-electron chi connectivity index (χ4n) is 2.92. The van der Waals surface area contributed by atoms with Gasteiger partial charge in [0.05, 0.1) is 0 Å². The second-order valence-electron chi connectivity index (χ2n) is 5.73. The quantitative estimate of drug-likeness (QED) is 0.927. The van der Waals surface area contributed by atoms with E-state index in [-0.39, 0.29) is 11.8 Å². The van der Waals surface area contributed by atoms with E-state index in [1.807, 2.05) is 23.1 Å². The SMILES string of the molecule is CC(=O)Nc1ccc(-c2ccc3c(c2)CCCN3C(C)=O)cn1. The second kappa shape index (κ2) is 6.20. The predicted molar refractivity (Wildman–Crippen MR) is 90.3 cm³/mol. The predicted octanol–water partition coefficient (Wildman–Crippen LogP) is 3.01. The Morgan fingerprint density at radius 3 is 2.57 bits per heavy atom. The third-order valence-electron chi connectivity index (χ3n) is 3.98. The second-order valence-corrected chi connectivity index (χ2v) is 5.73. The Morgan fingerprint density at radius 2 is 1.91 bits per heavy atom. The molecule has 5 nitrogen and oxygen atoms in total. The van der Waals surface area contributed by atoms with Crippen LogP contribution in [0.1, 0.15) is 25.8 Å². The molecule has 0 saturated carbocycles. The van der Waals surface area contributed by atoms with Crippen LogP contribution in [0.3, 0.4) is 0 Å². The first-order valence-electron chi connectivity index (χ1n) is 7.69. The minimum atomic E-state index is -0.136. The summed E-state index contributed by atoms with van der Waals surface area (Å²) in [5.41, 5.74) is 4.25. The van der Waals surface area contributed by atoms with Gasteiger partial charge >= 0.3 is 0 Å². The number of aromatic nitrogens is 1. The van der Waals surface area contributed by atoms with Gasteiger partial charge in [-0.2, -0.15) is 0 Å². The van der Waals surface area contributed by atoms with E-state index >= 15 is 0 Å². The molecular formula is C18H19N3O2. The highest BCUT2D eigenvalue weighted by atomic mass is 16.2. The molecule has 2 heterocycles. The van der Waals surface area contributed by atoms with Crippen molar-refractivity contribution in [3.63, 3.8) is 0 Å². The summed E-state index contributed by atoms with van der Waals surface area (Å²) in [4.78, 5) is 28.8. The third kappa shape index (κ3) is 3.23. The number of amides is 2. The van der Waals surface area contributed by atoms with Crippen LogP contribution < -0.4 is 10.2 Å². The summed E-state index contributed by atoms with van der Waals surface area (Å²) < 4.78 is 0. The number of carbonyl (C=O) groups excluding carboxylic acids is 2. The van der Waals surface area contributed by atoms with Gasteiger partial charge in [-0.25, -0.2) is 4.98 Å². The number of fused-ring (bicyclic) bond motifs is 1. The fourth-order valence-corrected chi connectivity index (χ4v) is 2.92. The van der Waals surface area contributed by atoms with E-state index in [2.05, 4.69) is 16.4 Å². The summed E-state index contributed by atoms with van der Waals surface area (Å²) in [6.45, 7) is 3.85. The molecule has 118 valence electrons. The lowest BCUT2D eigenvalue weighted by molar-refractivity contribution is -0.116. The molecule has 2 aromatic rings. The molecule has 0 bridgehead atoms. The highest BCUT2D eigenvalue weighted by Gasteiger charge is 2.20. The number of pyridine rings is 1. The van der Waals surface area contributed by atoms with Crippen molar-refractivity contribution in [3.05, 3.63) is 42.1 Å². The Bertz CT molecular complexity index is 753. The number of carbonyl (C=O) groups is 2. The van der Waals surface area contributed by atoms with Gasteiger partial charge in [-0.05, 0) is 48.2 Å². The minimum Gasteiger partial charge on any atom is -0.312 e. The lowest BCUT2D eigenvalue weighted by atomic mass is 9.97. The zero-order valence-electron chi connectivity index (χ0n) is 13.3. The van der Waals surface area contributed by atoms with E-state index in [0.29, 0.717) is 5.82 Å². The molecule has 1 aromatic heterocycles. The largest absolute Gasteiger partial charge is 0.312 e. The molecule has 0 fully saturated rings. The molecule has 0 spiro atoms. The van der Waals surface area contributed by atoms with Crippen molar-refractivity contribution in [1.82, 2.24) is 4.98 Å². The summed E-state index contributed by atoms with van der Waals surface area (Å²) in [7, 11) is 0. The van der Waals surface area contributed by atoms with Gasteiger partial charge in [0.1, 0.15) is 5.82 Å². The molecule has 1 aliphatic rings. The van der Waals surface area contributed by atoms with E-state index < -0.39 is 0 Å². The monoisotopic (exact) mass is 309 g/mol. The molecule has 0 unspecified atom stereocenters. The third-order valence-corrected chi connectivity index (χ3v) is 3.98. The highest BCUT2D eigenvalue weighted by Crippen LogP contribution is 2.31. The topological polar surface area (TPSA) is 62.3 Å². The van der Waals surface area contributed by atoms with Crippen LogP contribution in [0.15, 0.2) is 36.5 Å². The van der Waals surface area contributed by atoms with E-state index in [0.717, 1.165) is 36.2 Å². The number of hydrogen-bond donors (Lipinski definition) is 1. The van der Waals surface area contributed by atoms with Crippen LogP contribution in [0, 0.1) is 0 Å². The van der Waals surface area contributed by atoms with Crippen LogP contribution in [0.25, 0.3) is 11.1 Å². The molecule has 1 N–H and O–H groups in total. The molecule has 23 heavy (non-hydrogen) atoms. The average molecular weight is 309 g/mol. The highest BCUT2D eigenvalue weighted by molar-refractivity contribution is 5.93. The van der Waals surface area contributed by atoms with Gasteiger partial charge < -0.3 is 10.2 Å². The van der Waals surface area contributed by atoms with E-state index in [1.165, 1.54) is 12.5 Å². The molecule has 1 aromatic carbocycles. The molecule has 0 aliphatic carbocycles. The maximum atomic E-state index is 11.7. The average Bonchev–Trinajstić information content (AvgIpc) is 2.53. The van der Waals surface area contributed by atoms with Crippen molar-refractivity contribution in [2.45, 2.75) is 26.7 Å². The van der Waals surface area contributed by atoms with Crippen molar-refractivity contribution in [1.29, 1.82) is 0 Å². The number of nitrogens with zero attached hydrogens (tertiary/aromatic N) is 2. The van der Waals surface area contributed by atoms with Crippen molar-refractivity contribution < 1.29 is 9.59 Å². The van der Waals surface area contributed by atoms with Gasteiger partial charge in [0.15, 0.2) is 0 Å². The number of nitrogens with one attached hydrogen (secondary N) is 1. The number of rotatable bonds is 2. The smallest absolute Gasteiger partial charge is 0.223 e. The van der Waals surface area contributed by atoms with Crippen molar-refractivity contribution in [2.24, 2.45) is 0 Å². The van der Waals surface area contributed by atoms with Gasteiger partial charge in [-0.3, -0.25) is 9.59 Å². The summed E-state index contributed by atoms with van der Waals surface area (Å²) in [6, 6.07) is 9.87. The van der Waals surface area contributed by atoms with Crippen LogP contribution in [-0.2, 0) is 16.0 Å². The van der Waals surface area contributed by atoms with Crippen molar-refractivity contribution in [2.75, 3.05) is 16.8 Å². The van der Waals surface area contributed by atoms with Crippen molar-refractivity contribution >= 4 is 23.3 Å². The Labute approximate surface area is 135 Å². The zero-order valence-corrected chi connectivity index (χ0v) is 13.3. The Hall–Kier alpha value is -2.69. The summed E-state index contributed by atoms with van der Waals surface area (Å²) in [6.07, 6.45) is 3.71. The standard InChI is InChI=1S/C18H19N3O2/c1-12(22)20-18-8-6-16(11-19-18)14-5-7-17-15(10-14)4-3-9-21(17)13(2)23/h5-8,10-11H,3-4,9H2,1-2H3,(H,19,20,22). The van der Waals surface area contributed by atoms with Gasteiger partial charge in [-0.1, -0.05) is 6.07 Å². The molecule has 0 atom stereocenters. The minimum absolute atomic E-state index is 0.0834. The Balaban J connectivity index is 1.89. The molecule has 0 radical (unpaired) electrons. The molecule has 1 aliphatic heterocycles. The summed E-state index contributed by atoms with van der Waals surface area (Å²) in [5, 5.41) is 2.66. The van der Waals surface area contributed by atoms with Gasteiger partial charge in [0, 0.05) is 37.8 Å².